The second-order valence-corrected chi connectivity index (χ2v) is 8.38. The molecule has 0 spiro atoms. The third kappa shape index (κ3) is 4.95. The summed E-state index contributed by atoms with van der Waals surface area (Å²) in [6.45, 7) is 9.22. The first kappa shape index (κ1) is 19.1. The van der Waals surface area contributed by atoms with Crippen LogP contribution in [-0.4, -0.2) is 48.4 Å². The molecule has 3 nitrogen and oxygen atoms in total. The zero-order chi connectivity index (χ0) is 18.4. The third-order valence-electron chi connectivity index (χ3n) is 5.27. The van der Waals surface area contributed by atoms with Gasteiger partial charge < -0.3 is 9.80 Å². The van der Waals surface area contributed by atoms with E-state index in [2.05, 4.69) is 60.0 Å². The molecule has 0 unspecified atom stereocenters. The molecule has 1 amide bonds. The van der Waals surface area contributed by atoms with E-state index in [1.807, 2.05) is 0 Å². The molecule has 1 aliphatic rings. The lowest BCUT2D eigenvalue weighted by atomic mass is 10.1. The maximum Gasteiger partial charge on any atom is 0.263 e. The Labute approximate surface area is 161 Å². The third-order valence-corrected chi connectivity index (χ3v) is 6.35. The molecule has 3 rings (SSSR count). The Morgan fingerprint density at radius 2 is 1.92 bits per heavy atom. The van der Waals surface area contributed by atoms with Gasteiger partial charge >= 0.3 is 0 Å². The van der Waals surface area contributed by atoms with Crippen molar-refractivity contribution in [2.75, 3.05) is 32.7 Å². The zero-order valence-corrected chi connectivity index (χ0v) is 16.9. The summed E-state index contributed by atoms with van der Waals surface area (Å²) in [5.74, 6) is 0.226. The van der Waals surface area contributed by atoms with Gasteiger partial charge in [0.05, 0.1) is 4.88 Å². The predicted octanol–water partition coefficient (Wildman–Crippen LogP) is 4.40. The summed E-state index contributed by atoms with van der Waals surface area (Å²) < 4.78 is 0. The lowest BCUT2D eigenvalue weighted by Gasteiger charge is -2.21. The van der Waals surface area contributed by atoms with Crippen molar-refractivity contribution in [1.82, 2.24) is 9.80 Å². The molecule has 2 heterocycles. The van der Waals surface area contributed by atoms with Gasteiger partial charge in [-0.3, -0.25) is 4.79 Å². The average molecular weight is 371 g/mol. The van der Waals surface area contributed by atoms with Crippen molar-refractivity contribution < 1.29 is 4.79 Å². The van der Waals surface area contributed by atoms with Gasteiger partial charge in [0.25, 0.3) is 5.91 Å². The van der Waals surface area contributed by atoms with E-state index in [4.69, 9.17) is 0 Å². The van der Waals surface area contributed by atoms with Crippen LogP contribution in [0.3, 0.4) is 0 Å². The second kappa shape index (κ2) is 9.33. The summed E-state index contributed by atoms with van der Waals surface area (Å²) in [5, 5.41) is 0. The van der Waals surface area contributed by atoms with Crippen LogP contribution in [0.25, 0.3) is 0 Å². The number of thiophene rings is 1. The number of amides is 1. The Balaban J connectivity index is 1.48. The molecule has 1 aliphatic heterocycles. The second-order valence-electron chi connectivity index (χ2n) is 7.12. The maximum absolute atomic E-state index is 12.9. The predicted molar refractivity (Wildman–Crippen MR) is 110 cm³/mol. The van der Waals surface area contributed by atoms with E-state index in [9.17, 15) is 4.79 Å². The Bertz CT molecular complexity index is 710. The quantitative estimate of drug-likeness (QED) is 0.752. The molecule has 4 heteroatoms. The molecule has 0 N–H and O–H groups in total. The number of hydrogen-bond donors (Lipinski definition) is 0. The summed E-state index contributed by atoms with van der Waals surface area (Å²) in [7, 11) is 0. The molecule has 1 aromatic carbocycles. The molecule has 0 bridgehead atoms. The number of carbonyl (C=O) groups is 1. The van der Waals surface area contributed by atoms with Crippen LogP contribution in [-0.2, 0) is 12.8 Å². The minimum atomic E-state index is 0.226. The van der Waals surface area contributed by atoms with E-state index in [1.54, 1.807) is 11.3 Å². The number of aryl methyl sites for hydroxylation is 3. The Kier molecular flexibility index (Phi) is 6.86. The fraction of sp³-hybridized carbons (Fsp3) is 0.500. The maximum atomic E-state index is 12.9. The lowest BCUT2D eigenvalue weighted by Crippen LogP contribution is -2.35. The normalized spacial score (nSPS) is 15.8. The molecule has 0 aliphatic carbocycles. The van der Waals surface area contributed by atoms with Gasteiger partial charge in [-0.05, 0) is 62.9 Å². The fourth-order valence-corrected chi connectivity index (χ4v) is 4.76. The molecule has 0 saturated carbocycles. The van der Waals surface area contributed by atoms with Crippen LogP contribution in [0, 0.1) is 6.92 Å². The van der Waals surface area contributed by atoms with Crippen molar-refractivity contribution in [3.63, 3.8) is 0 Å². The van der Waals surface area contributed by atoms with E-state index >= 15 is 0 Å². The summed E-state index contributed by atoms with van der Waals surface area (Å²) in [5.41, 5.74) is 2.73. The van der Waals surface area contributed by atoms with Crippen molar-refractivity contribution in [2.24, 2.45) is 0 Å². The molecule has 1 saturated heterocycles. The molecule has 1 fully saturated rings. The smallest absolute Gasteiger partial charge is 0.263 e. The highest BCUT2D eigenvalue weighted by Crippen LogP contribution is 2.24. The molecule has 140 valence electrons. The van der Waals surface area contributed by atoms with Gasteiger partial charge in [0.1, 0.15) is 0 Å². The number of carbonyl (C=O) groups excluding carboxylic acids is 1. The van der Waals surface area contributed by atoms with E-state index in [0.717, 1.165) is 56.9 Å². The molecule has 0 atom stereocenters. The number of nitrogens with zero attached hydrogens (tertiary/aromatic N) is 2. The first-order valence-corrected chi connectivity index (χ1v) is 10.6. The van der Waals surface area contributed by atoms with Gasteiger partial charge in [-0.25, -0.2) is 0 Å². The largest absolute Gasteiger partial charge is 0.337 e. The van der Waals surface area contributed by atoms with Crippen LogP contribution in [0.1, 0.15) is 45.4 Å². The van der Waals surface area contributed by atoms with E-state index in [0.29, 0.717) is 0 Å². The van der Waals surface area contributed by atoms with E-state index < -0.39 is 0 Å². The van der Waals surface area contributed by atoms with Crippen LogP contribution in [0.5, 0.6) is 0 Å². The highest BCUT2D eigenvalue weighted by atomic mass is 32.1. The topological polar surface area (TPSA) is 23.6 Å². The molecular formula is C22H30N2OS. The molecule has 2 aromatic rings. The van der Waals surface area contributed by atoms with Gasteiger partial charge in [-0.1, -0.05) is 37.3 Å². The summed E-state index contributed by atoms with van der Waals surface area (Å²) in [4.78, 5) is 19.6. The standard InChI is InChI=1S/C22H30N2OS/c1-3-20-17-21(26-18(20)2)22(25)24-14-8-13-23(15-16-24)12-7-11-19-9-5-4-6-10-19/h4-6,9-10,17H,3,7-8,11-16H2,1-2H3. The van der Waals surface area contributed by atoms with E-state index in [1.165, 1.54) is 22.4 Å². The molecule has 26 heavy (non-hydrogen) atoms. The van der Waals surface area contributed by atoms with Crippen molar-refractivity contribution in [2.45, 2.75) is 39.5 Å². The van der Waals surface area contributed by atoms with E-state index in [-0.39, 0.29) is 5.91 Å². The van der Waals surface area contributed by atoms with Crippen molar-refractivity contribution in [3.05, 3.63) is 57.3 Å². The van der Waals surface area contributed by atoms with Crippen LogP contribution in [0.2, 0.25) is 0 Å². The SMILES string of the molecule is CCc1cc(C(=O)N2CCCN(CCCc3ccccc3)CC2)sc1C. The number of benzene rings is 1. The Hall–Kier alpha value is -1.65. The van der Waals surface area contributed by atoms with Crippen LogP contribution in [0.4, 0.5) is 0 Å². The minimum absolute atomic E-state index is 0.226. The lowest BCUT2D eigenvalue weighted by molar-refractivity contribution is 0.0766. The molecule has 1 aromatic heterocycles. The zero-order valence-electron chi connectivity index (χ0n) is 16.0. The average Bonchev–Trinajstić information content (AvgIpc) is 2.88. The van der Waals surface area contributed by atoms with Gasteiger partial charge in [-0.2, -0.15) is 0 Å². The highest BCUT2D eigenvalue weighted by molar-refractivity contribution is 7.14. The van der Waals surface area contributed by atoms with Crippen molar-refractivity contribution in [1.29, 1.82) is 0 Å². The van der Waals surface area contributed by atoms with Crippen LogP contribution in [0.15, 0.2) is 36.4 Å². The first-order chi connectivity index (χ1) is 12.7. The van der Waals surface area contributed by atoms with Crippen molar-refractivity contribution >= 4 is 17.2 Å². The summed E-state index contributed by atoms with van der Waals surface area (Å²) in [6, 6.07) is 12.8. The van der Waals surface area contributed by atoms with Gasteiger partial charge in [0.2, 0.25) is 0 Å². The van der Waals surface area contributed by atoms with Crippen molar-refractivity contribution in [3.8, 4) is 0 Å². The molecule has 0 radical (unpaired) electrons. The summed E-state index contributed by atoms with van der Waals surface area (Å²) in [6.07, 6.45) is 4.39. The van der Waals surface area contributed by atoms with Crippen LogP contribution < -0.4 is 0 Å². The van der Waals surface area contributed by atoms with Gasteiger partial charge in [0, 0.05) is 24.5 Å². The Morgan fingerprint density at radius 1 is 1.12 bits per heavy atom. The highest BCUT2D eigenvalue weighted by Gasteiger charge is 2.22. The van der Waals surface area contributed by atoms with Crippen LogP contribution >= 0.6 is 11.3 Å². The first-order valence-electron chi connectivity index (χ1n) is 9.82. The summed E-state index contributed by atoms with van der Waals surface area (Å²) >= 11 is 1.65. The Morgan fingerprint density at radius 3 is 2.65 bits per heavy atom. The number of hydrogen-bond acceptors (Lipinski definition) is 3. The number of rotatable bonds is 6. The minimum Gasteiger partial charge on any atom is -0.337 e. The van der Waals surface area contributed by atoms with Gasteiger partial charge in [0.15, 0.2) is 0 Å². The van der Waals surface area contributed by atoms with Gasteiger partial charge in [-0.15, -0.1) is 11.3 Å². The monoisotopic (exact) mass is 370 g/mol. The fourth-order valence-electron chi connectivity index (χ4n) is 3.68. The molecular weight excluding hydrogens is 340 g/mol.